The quantitative estimate of drug-likeness (QED) is 0.691. The lowest BCUT2D eigenvalue weighted by Crippen LogP contribution is -2.52. The second-order valence-electron chi connectivity index (χ2n) is 6.87. The maximum Gasteiger partial charge on any atom is 0.256 e. The predicted molar refractivity (Wildman–Crippen MR) is 84.3 cm³/mol. The molecular formula is C17H19N3O2. The van der Waals surface area contributed by atoms with E-state index in [-0.39, 0.29) is 5.41 Å². The lowest BCUT2D eigenvalue weighted by Gasteiger charge is -2.40. The number of anilines is 1. The molecule has 1 aromatic carbocycles. The van der Waals surface area contributed by atoms with Gasteiger partial charge in [0.25, 0.3) is 5.79 Å². The summed E-state index contributed by atoms with van der Waals surface area (Å²) in [5.41, 5.74) is 2.70. The summed E-state index contributed by atoms with van der Waals surface area (Å²) in [4.78, 5) is 10.6. The second kappa shape index (κ2) is 4.55. The Hall–Kier alpha value is -1.90. The molecule has 0 aliphatic carbocycles. The first-order chi connectivity index (χ1) is 10.6. The number of ether oxygens (including phenoxy) is 2. The van der Waals surface area contributed by atoms with Gasteiger partial charge in [-0.05, 0) is 18.6 Å². The van der Waals surface area contributed by atoms with Crippen LogP contribution in [0.4, 0.5) is 11.4 Å². The van der Waals surface area contributed by atoms with Gasteiger partial charge in [-0.3, -0.25) is 4.99 Å². The predicted octanol–water partition coefficient (Wildman–Crippen LogP) is 3.09. The van der Waals surface area contributed by atoms with Crippen LogP contribution in [0.15, 0.2) is 23.2 Å². The summed E-state index contributed by atoms with van der Waals surface area (Å²) >= 11 is 0. The summed E-state index contributed by atoms with van der Waals surface area (Å²) in [5.74, 6) is -0.0613. The molecule has 1 saturated heterocycles. The fraction of sp³-hybridized carbons (Fsp3) is 0.529. The molecule has 5 nitrogen and oxygen atoms in total. The van der Waals surface area contributed by atoms with E-state index in [1.807, 2.05) is 18.2 Å². The first-order valence-electron chi connectivity index (χ1n) is 7.68. The third-order valence-electron chi connectivity index (χ3n) is 4.45. The molecule has 3 aliphatic rings. The molecule has 0 atom stereocenters. The topological polar surface area (TPSA) is 38.4 Å². The minimum atomic E-state index is -0.912. The van der Waals surface area contributed by atoms with Gasteiger partial charge >= 0.3 is 0 Å². The van der Waals surface area contributed by atoms with Crippen molar-refractivity contribution >= 4 is 17.2 Å². The van der Waals surface area contributed by atoms with E-state index in [1.165, 1.54) is 0 Å². The fourth-order valence-corrected chi connectivity index (χ4v) is 3.44. The summed E-state index contributed by atoms with van der Waals surface area (Å²) in [5, 5.41) is 0. The zero-order valence-electron chi connectivity index (χ0n) is 12.9. The molecule has 5 heteroatoms. The molecule has 4 rings (SSSR count). The zero-order valence-corrected chi connectivity index (χ0v) is 12.9. The Morgan fingerprint density at radius 2 is 2.05 bits per heavy atom. The van der Waals surface area contributed by atoms with Gasteiger partial charge in [-0.2, -0.15) is 0 Å². The highest BCUT2D eigenvalue weighted by atomic mass is 16.7. The SMILES string of the molecule is [C-]#[N+]c1ccc2c(c1)C1(OCCCO1)C1=NCC(C)(C)CN12. The second-order valence-corrected chi connectivity index (χ2v) is 6.87. The number of benzene rings is 1. The standard InChI is InChI=1S/C17H19N3O2/c1-16(2)10-19-15-17(21-7-4-8-22-17)13-9-12(18-3)5-6-14(13)20(15)11-16/h5-6,9H,4,7-8,10-11H2,1-2H3. The summed E-state index contributed by atoms with van der Waals surface area (Å²) < 4.78 is 12.2. The van der Waals surface area contributed by atoms with E-state index < -0.39 is 5.79 Å². The van der Waals surface area contributed by atoms with Crippen molar-refractivity contribution in [2.75, 3.05) is 31.2 Å². The molecule has 0 amide bonds. The van der Waals surface area contributed by atoms with Crippen molar-refractivity contribution < 1.29 is 9.47 Å². The van der Waals surface area contributed by atoms with Gasteiger partial charge in [0.1, 0.15) is 0 Å². The Labute approximate surface area is 130 Å². The van der Waals surface area contributed by atoms with Crippen molar-refractivity contribution in [3.63, 3.8) is 0 Å². The van der Waals surface area contributed by atoms with Gasteiger partial charge in [-0.15, -0.1) is 0 Å². The molecule has 22 heavy (non-hydrogen) atoms. The molecule has 0 unspecified atom stereocenters. The smallest absolute Gasteiger partial charge is 0.256 e. The van der Waals surface area contributed by atoms with E-state index in [9.17, 15) is 0 Å². The number of aliphatic imine (C=N–C) groups is 1. The average molecular weight is 297 g/mol. The maximum atomic E-state index is 7.27. The number of hydrogen-bond donors (Lipinski definition) is 0. The van der Waals surface area contributed by atoms with Crippen LogP contribution >= 0.6 is 0 Å². The Bertz CT molecular complexity index is 696. The third-order valence-corrected chi connectivity index (χ3v) is 4.45. The van der Waals surface area contributed by atoms with Gasteiger partial charge in [0.15, 0.2) is 11.5 Å². The van der Waals surface area contributed by atoms with Gasteiger partial charge in [0.2, 0.25) is 0 Å². The number of nitrogens with zero attached hydrogens (tertiary/aromatic N) is 3. The van der Waals surface area contributed by atoms with Gasteiger partial charge in [0.05, 0.1) is 19.8 Å². The molecule has 0 N–H and O–H groups in total. The van der Waals surface area contributed by atoms with Crippen molar-refractivity contribution in [3.05, 3.63) is 35.2 Å². The first kappa shape index (κ1) is 13.7. The number of rotatable bonds is 0. The van der Waals surface area contributed by atoms with Crippen molar-refractivity contribution in [1.82, 2.24) is 0 Å². The Morgan fingerprint density at radius 3 is 2.77 bits per heavy atom. The molecule has 114 valence electrons. The van der Waals surface area contributed by atoms with Crippen LogP contribution in [-0.4, -0.2) is 32.1 Å². The summed E-state index contributed by atoms with van der Waals surface area (Å²) in [6.07, 6.45) is 0.887. The van der Waals surface area contributed by atoms with E-state index in [2.05, 4.69) is 23.6 Å². The van der Waals surface area contributed by atoms with E-state index in [0.717, 1.165) is 36.6 Å². The van der Waals surface area contributed by atoms with E-state index in [0.29, 0.717) is 18.9 Å². The Kier molecular flexibility index (Phi) is 2.84. The molecule has 1 spiro atoms. The Morgan fingerprint density at radius 1 is 1.27 bits per heavy atom. The average Bonchev–Trinajstić information content (AvgIpc) is 2.76. The highest BCUT2D eigenvalue weighted by Crippen LogP contribution is 2.49. The lowest BCUT2D eigenvalue weighted by atomic mass is 9.91. The van der Waals surface area contributed by atoms with Gasteiger partial charge < -0.3 is 14.4 Å². The minimum absolute atomic E-state index is 0.111. The van der Waals surface area contributed by atoms with Crippen LogP contribution in [0.3, 0.4) is 0 Å². The summed E-state index contributed by atoms with van der Waals surface area (Å²) in [7, 11) is 0. The number of hydrogen-bond acceptors (Lipinski definition) is 4. The molecular weight excluding hydrogens is 278 g/mol. The van der Waals surface area contributed by atoms with Gasteiger partial charge in [-0.25, -0.2) is 4.85 Å². The van der Waals surface area contributed by atoms with Crippen LogP contribution in [0, 0.1) is 12.0 Å². The third kappa shape index (κ3) is 1.81. The minimum Gasteiger partial charge on any atom is -0.340 e. The van der Waals surface area contributed by atoms with Crippen LogP contribution in [-0.2, 0) is 15.3 Å². The Balaban J connectivity index is 1.92. The molecule has 0 saturated carbocycles. The van der Waals surface area contributed by atoms with Crippen LogP contribution in [0.25, 0.3) is 4.85 Å². The van der Waals surface area contributed by atoms with Crippen LogP contribution in [0.2, 0.25) is 0 Å². The lowest BCUT2D eigenvalue weighted by molar-refractivity contribution is -0.228. The molecule has 3 aliphatic heterocycles. The van der Waals surface area contributed by atoms with E-state index in [4.69, 9.17) is 21.0 Å². The van der Waals surface area contributed by atoms with Crippen molar-refractivity contribution in [3.8, 4) is 0 Å². The van der Waals surface area contributed by atoms with E-state index >= 15 is 0 Å². The largest absolute Gasteiger partial charge is 0.340 e. The van der Waals surface area contributed by atoms with Crippen LogP contribution in [0.5, 0.6) is 0 Å². The molecule has 0 radical (unpaired) electrons. The summed E-state index contributed by atoms with van der Waals surface area (Å²) in [6, 6.07) is 5.74. The van der Waals surface area contributed by atoms with Crippen molar-refractivity contribution in [2.45, 2.75) is 26.1 Å². The summed E-state index contributed by atoms with van der Waals surface area (Å²) in [6.45, 7) is 14.6. The molecule has 1 fully saturated rings. The van der Waals surface area contributed by atoms with Crippen LogP contribution in [0.1, 0.15) is 25.8 Å². The number of amidine groups is 1. The fourth-order valence-electron chi connectivity index (χ4n) is 3.44. The monoisotopic (exact) mass is 297 g/mol. The van der Waals surface area contributed by atoms with Crippen LogP contribution < -0.4 is 4.90 Å². The van der Waals surface area contributed by atoms with E-state index in [1.54, 1.807) is 0 Å². The van der Waals surface area contributed by atoms with Gasteiger partial charge in [0, 0.05) is 29.8 Å². The van der Waals surface area contributed by atoms with Crippen molar-refractivity contribution in [1.29, 1.82) is 0 Å². The highest BCUT2D eigenvalue weighted by molar-refractivity contribution is 6.10. The molecule has 0 bridgehead atoms. The van der Waals surface area contributed by atoms with Gasteiger partial charge in [-0.1, -0.05) is 19.9 Å². The molecule has 1 aromatic rings. The first-order valence-corrected chi connectivity index (χ1v) is 7.68. The highest BCUT2D eigenvalue weighted by Gasteiger charge is 2.54. The normalized spacial score (nSPS) is 24.4. The molecule has 3 heterocycles. The zero-order chi connectivity index (χ0) is 15.4. The maximum absolute atomic E-state index is 7.27. The number of fused-ring (bicyclic) bond motifs is 5. The molecule has 0 aromatic heterocycles. The van der Waals surface area contributed by atoms with Crippen molar-refractivity contribution in [2.24, 2.45) is 10.4 Å².